The molecule has 0 fully saturated rings. The summed E-state index contributed by atoms with van der Waals surface area (Å²) >= 11 is 0. The van der Waals surface area contributed by atoms with Crippen molar-refractivity contribution >= 4 is 43.0 Å². The van der Waals surface area contributed by atoms with Gasteiger partial charge in [0.1, 0.15) is 22.1 Å². The lowest BCUT2D eigenvalue weighted by molar-refractivity contribution is -0.384. The minimum atomic E-state index is -4.59. The van der Waals surface area contributed by atoms with Gasteiger partial charge in [0.05, 0.1) is 4.92 Å². The first kappa shape index (κ1) is 22.6. The van der Waals surface area contributed by atoms with Gasteiger partial charge in [-0.2, -0.15) is 13.5 Å². The van der Waals surface area contributed by atoms with Crippen LogP contribution in [0.3, 0.4) is 0 Å². The monoisotopic (exact) mass is 455 g/mol. The zero-order valence-corrected chi connectivity index (χ0v) is 17.4. The third kappa shape index (κ3) is 4.33. The quantitative estimate of drug-likeness (QED) is 0.142. The van der Waals surface area contributed by atoms with E-state index in [-0.39, 0.29) is 22.6 Å². The number of rotatable bonds is 3. The SMILES string of the molecule is Cc1c(O)cc(S(=O)(=O)O)c2cc([N+](=O)[O-])ccc12.N=Nc1c(O)ccc2ccccc12. The topological polar surface area (TPSA) is 174 Å². The number of aryl methyl sites for hydroxylation is 1. The van der Waals surface area contributed by atoms with Gasteiger partial charge >= 0.3 is 0 Å². The second kappa shape index (κ2) is 8.57. The number of benzene rings is 4. The highest BCUT2D eigenvalue weighted by molar-refractivity contribution is 7.86. The van der Waals surface area contributed by atoms with E-state index in [4.69, 9.17) is 10.1 Å². The van der Waals surface area contributed by atoms with E-state index >= 15 is 0 Å². The number of hydrogen-bond acceptors (Lipinski definition) is 8. The molecular weight excluding hydrogens is 438 g/mol. The van der Waals surface area contributed by atoms with E-state index in [1.54, 1.807) is 12.1 Å². The minimum absolute atomic E-state index is 0.00741. The summed E-state index contributed by atoms with van der Waals surface area (Å²) in [5, 5.41) is 35.1. The molecule has 0 spiro atoms. The summed E-state index contributed by atoms with van der Waals surface area (Å²) in [6, 6.07) is 15.3. The number of phenols is 2. The first-order valence-corrected chi connectivity index (χ1v) is 10.4. The molecule has 32 heavy (non-hydrogen) atoms. The fraction of sp³-hybridized carbons (Fsp3) is 0.0476. The van der Waals surface area contributed by atoms with E-state index < -0.39 is 19.9 Å². The second-order valence-electron chi connectivity index (χ2n) is 6.75. The molecule has 0 amide bonds. The molecule has 0 atom stereocenters. The van der Waals surface area contributed by atoms with Crippen LogP contribution in [-0.4, -0.2) is 28.1 Å². The van der Waals surface area contributed by atoms with Gasteiger partial charge in [-0.15, -0.1) is 0 Å². The maximum Gasteiger partial charge on any atom is 0.295 e. The molecule has 4 N–H and O–H groups in total. The number of nitro groups is 1. The predicted octanol–water partition coefficient (Wildman–Crippen LogP) is 5.22. The summed E-state index contributed by atoms with van der Waals surface area (Å²) in [6.45, 7) is 1.54. The number of non-ortho nitro benzene ring substituents is 1. The van der Waals surface area contributed by atoms with Crippen molar-refractivity contribution in [1.82, 2.24) is 0 Å². The maximum atomic E-state index is 11.3. The van der Waals surface area contributed by atoms with Gasteiger partial charge in [-0.25, -0.2) is 5.53 Å². The Morgan fingerprint density at radius 2 is 1.62 bits per heavy atom. The van der Waals surface area contributed by atoms with E-state index in [0.29, 0.717) is 16.6 Å². The number of fused-ring (bicyclic) bond motifs is 2. The Kier molecular flexibility index (Phi) is 6.05. The Bertz CT molecular complexity index is 1480. The summed E-state index contributed by atoms with van der Waals surface area (Å²) in [5.74, 6) is -0.261. The Hall–Kier alpha value is -4.09. The molecular formula is C21H17N3O7S. The molecule has 4 aromatic rings. The van der Waals surface area contributed by atoms with Crippen LogP contribution < -0.4 is 0 Å². The van der Waals surface area contributed by atoms with Crippen molar-refractivity contribution in [3.63, 3.8) is 0 Å². The minimum Gasteiger partial charge on any atom is -0.508 e. The molecule has 0 unspecified atom stereocenters. The molecule has 0 bridgehead atoms. The molecule has 0 aliphatic heterocycles. The normalized spacial score (nSPS) is 11.1. The fourth-order valence-electron chi connectivity index (χ4n) is 3.20. The molecule has 10 nitrogen and oxygen atoms in total. The first-order chi connectivity index (χ1) is 15.0. The molecule has 4 aromatic carbocycles. The summed E-state index contributed by atoms with van der Waals surface area (Å²) in [4.78, 5) is 9.47. The lowest BCUT2D eigenvalue weighted by Gasteiger charge is -2.08. The molecule has 0 radical (unpaired) electrons. The third-order valence-corrected chi connectivity index (χ3v) is 5.70. The number of phenolic OH excluding ortho intramolecular Hbond substituents is 2. The van der Waals surface area contributed by atoms with Crippen molar-refractivity contribution in [1.29, 1.82) is 5.53 Å². The molecule has 0 saturated carbocycles. The van der Waals surface area contributed by atoms with Gasteiger partial charge in [-0.3, -0.25) is 14.7 Å². The number of nitro benzene ring substituents is 1. The highest BCUT2D eigenvalue weighted by Gasteiger charge is 2.20. The molecule has 4 rings (SSSR count). The third-order valence-electron chi connectivity index (χ3n) is 4.80. The molecule has 0 saturated heterocycles. The largest absolute Gasteiger partial charge is 0.508 e. The van der Waals surface area contributed by atoms with E-state index in [9.17, 15) is 28.7 Å². The zero-order chi connectivity index (χ0) is 23.6. The predicted molar refractivity (Wildman–Crippen MR) is 117 cm³/mol. The first-order valence-electron chi connectivity index (χ1n) is 9.01. The van der Waals surface area contributed by atoms with E-state index in [1.807, 2.05) is 24.3 Å². The Morgan fingerprint density at radius 1 is 0.938 bits per heavy atom. The standard InChI is InChI=1S/C11H9NO6S.C10H8N2O/c1-6-8-3-2-7(12(14)15)4-9(8)11(5-10(6)13)19(16,17)18;11-12-10-8-4-2-1-3-7(8)5-6-9(10)13/h2-5,13H,1H3,(H,16,17,18);1-6,11,13H. The van der Waals surface area contributed by atoms with Crippen molar-refractivity contribution in [3.8, 4) is 11.5 Å². The van der Waals surface area contributed by atoms with Crippen LogP contribution in [0.5, 0.6) is 11.5 Å². The lowest BCUT2D eigenvalue weighted by atomic mass is 10.0. The van der Waals surface area contributed by atoms with E-state index in [1.165, 1.54) is 19.1 Å². The van der Waals surface area contributed by atoms with Crippen LogP contribution in [0.4, 0.5) is 11.4 Å². The number of nitrogens with zero attached hydrogens (tertiary/aromatic N) is 2. The lowest BCUT2D eigenvalue weighted by Crippen LogP contribution is -2.00. The average molecular weight is 455 g/mol. The average Bonchev–Trinajstić information content (AvgIpc) is 2.75. The van der Waals surface area contributed by atoms with Crippen LogP contribution in [0.2, 0.25) is 0 Å². The zero-order valence-electron chi connectivity index (χ0n) is 16.6. The van der Waals surface area contributed by atoms with Crippen molar-refractivity contribution in [3.05, 3.63) is 76.3 Å². The summed E-state index contributed by atoms with van der Waals surface area (Å²) in [6.07, 6.45) is 0. The number of hydrogen-bond donors (Lipinski definition) is 4. The molecule has 11 heteroatoms. The molecule has 0 aliphatic carbocycles. The van der Waals surface area contributed by atoms with Crippen LogP contribution in [0.15, 0.2) is 70.7 Å². The highest BCUT2D eigenvalue weighted by Crippen LogP contribution is 2.35. The fourth-order valence-corrected chi connectivity index (χ4v) is 3.91. The van der Waals surface area contributed by atoms with Gasteiger partial charge in [0.15, 0.2) is 0 Å². The van der Waals surface area contributed by atoms with E-state index in [2.05, 4.69) is 5.11 Å². The van der Waals surface area contributed by atoms with Gasteiger partial charge in [0, 0.05) is 29.0 Å². The van der Waals surface area contributed by atoms with Crippen molar-refractivity contribution < 1.29 is 28.1 Å². The Labute approximate surface area is 181 Å². The highest BCUT2D eigenvalue weighted by atomic mass is 32.2. The van der Waals surface area contributed by atoms with Gasteiger partial charge in [0.2, 0.25) is 0 Å². The van der Waals surface area contributed by atoms with E-state index in [0.717, 1.165) is 22.9 Å². The van der Waals surface area contributed by atoms with Gasteiger partial charge in [-0.1, -0.05) is 30.3 Å². The van der Waals surface area contributed by atoms with Crippen LogP contribution in [-0.2, 0) is 10.1 Å². The number of aromatic hydroxyl groups is 2. The van der Waals surface area contributed by atoms with Crippen LogP contribution in [0, 0.1) is 22.6 Å². The molecule has 164 valence electrons. The summed E-state index contributed by atoms with van der Waals surface area (Å²) in [7, 11) is -4.59. The van der Waals surface area contributed by atoms with Crippen LogP contribution >= 0.6 is 0 Å². The summed E-state index contributed by atoms with van der Waals surface area (Å²) in [5.41, 5.74) is 7.33. The Morgan fingerprint density at radius 3 is 2.25 bits per heavy atom. The Balaban J connectivity index is 0.000000193. The molecule has 0 aliphatic rings. The van der Waals surface area contributed by atoms with Gasteiger partial charge in [-0.05, 0) is 35.4 Å². The van der Waals surface area contributed by atoms with Gasteiger partial charge < -0.3 is 10.2 Å². The maximum absolute atomic E-state index is 11.3. The van der Waals surface area contributed by atoms with Crippen LogP contribution in [0.25, 0.3) is 21.5 Å². The molecule has 0 aromatic heterocycles. The van der Waals surface area contributed by atoms with Crippen molar-refractivity contribution in [2.75, 3.05) is 0 Å². The van der Waals surface area contributed by atoms with Crippen molar-refractivity contribution in [2.45, 2.75) is 11.8 Å². The van der Waals surface area contributed by atoms with Crippen molar-refractivity contribution in [2.24, 2.45) is 5.11 Å². The van der Waals surface area contributed by atoms with Crippen LogP contribution in [0.1, 0.15) is 5.56 Å². The molecule has 0 heterocycles. The smallest absolute Gasteiger partial charge is 0.295 e. The summed E-state index contributed by atoms with van der Waals surface area (Å²) < 4.78 is 31.7. The second-order valence-corrected chi connectivity index (χ2v) is 8.14. The van der Waals surface area contributed by atoms with Gasteiger partial charge in [0.25, 0.3) is 15.8 Å². The number of nitrogens with one attached hydrogen (secondary N) is 1.